The van der Waals surface area contributed by atoms with Crippen LogP contribution in [0.1, 0.15) is 58.5 Å². The first-order chi connectivity index (χ1) is 15.9. The molecule has 1 aliphatic rings. The molecule has 1 atom stereocenters. The Hall–Kier alpha value is -3.62. The Kier molecular flexibility index (Phi) is 6.22. The number of hydrogen-bond acceptors (Lipinski definition) is 7. The summed E-state index contributed by atoms with van der Waals surface area (Å²) in [4.78, 5) is 30.5. The fourth-order valence-electron chi connectivity index (χ4n) is 4.04. The first-order valence-electron chi connectivity index (χ1n) is 10.8. The summed E-state index contributed by atoms with van der Waals surface area (Å²) < 4.78 is 17.3. The smallest absolute Gasteiger partial charge is 0.307 e. The van der Waals surface area contributed by atoms with Crippen molar-refractivity contribution >= 4 is 22.9 Å². The number of rotatable bonds is 8. The Balaban J connectivity index is 1.73. The van der Waals surface area contributed by atoms with Crippen molar-refractivity contribution in [2.75, 3.05) is 21.3 Å². The van der Waals surface area contributed by atoms with Crippen molar-refractivity contribution in [2.45, 2.75) is 38.1 Å². The molecule has 1 aliphatic carbocycles. The topological polar surface area (TPSA) is 105 Å². The molecule has 0 radical (unpaired) electrons. The molecule has 1 saturated carbocycles. The van der Waals surface area contributed by atoms with Gasteiger partial charge in [-0.15, -0.1) is 0 Å². The average molecular weight is 453 g/mol. The summed E-state index contributed by atoms with van der Waals surface area (Å²) in [7, 11) is 6.23. The highest BCUT2D eigenvalue weighted by atomic mass is 16.5. The number of nitrogens with zero attached hydrogens (tertiary/aromatic N) is 3. The molecule has 1 aromatic carbocycles. The number of aryl methyl sites for hydroxylation is 2. The zero-order valence-corrected chi connectivity index (χ0v) is 19.5. The SMILES string of the molecule is COC(=O)C[C@@H](NC(=O)c1cc(C2CC2)nc2c1c(C)nn2C)c1ccc(OC)c(OC)c1. The first kappa shape index (κ1) is 22.6. The summed E-state index contributed by atoms with van der Waals surface area (Å²) in [5, 5.41) is 8.19. The number of benzene rings is 1. The zero-order valence-electron chi connectivity index (χ0n) is 19.5. The molecule has 0 aliphatic heterocycles. The third-order valence-corrected chi connectivity index (χ3v) is 5.94. The molecule has 4 rings (SSSR count). The second-order valence-electron chi connectivity index (χ2n) is 8.20. The summed E-state index contributed by atoms with van der Waals surface area (Å²) in [5.41, 5.74) is 3.50. The predicted octanol–water partition coefficient (Wildman–Crippen LogP) is 3.21. The van der Waals surface area contributed by atoms with E-state index in [4.69, 9.17) is 19.2 Å². The van der Waals surface area contributed by atoms with Gasteiger partial charge in [-0.25, -0.2) is 4.98 Å². The minimum atomic E-state index is -0.630. The molecule has 2 heterocycles. The lowest BCUT2D eigenvalue weighted by Gasteiger charge is -2.20. The van der Waals surface area contributed by atoms with Crippen LogP contribution in [0.15, 0.2) is 24.3 Å². The van der Waals surface area contributed by atoms with Crippen LogP contribution in [-0.2, 0) is 16.6 Å². The monoisotopic (exact) mass is 452 g/mol. The molecule has 3 aromatic rings. The summed E-state index contributed by atoms with van der Waals surface area (Å²) in [5.74, 6) is 0.688. The van der Waals surface area contributed by atoms with Crippen LogP contribution >= 0.6 is 0 Å². The van der Waals surface area contributed by atoms with E-state index in [-0.39, 0.29) is 12.3 Å². The highest BCUT2D eigenvalue weighted by molar-refractivity contribution is 6.06. The fraction of sp³-hybridized carbons (Fsp3) is 0.417. The van der Waals surface area contributed by atoms with Gasteiger partial charge in [-0.3, -0.25) is 14.3 Å². The van der Waals surface area contributed by atoms with Crippen LogP contribution in [0.2, 0.25) is 0 Å². The summed E-state index contributed by atoms with van der Waals surface area (Å²) in [6, 6.07) is 6.51. The number of carbonyl (C=O) groups excluding carboxylic acids is 2. The van der Waals surface area contributed by atoms with Crippen LogP contribution in [0.5, 0.6) is 11.5 Å². The molecule has 2 aromatic heterocycles. The number of fused-ring (bicyclic) bond motifs is 1. The third kappa shape index (κ3) is 4.48. The highest BCUT2D eigenvalue weighted by Crippen LogP contribution is 2.40. The van der Waals surface area contributed by atoms with Crippen molar-refractivity contribution in [3.63, 3.8) is 0 Å². The predicted molar refractivity (Wildman–Crippen MR) is 122 cm³/mol. The minimum Gasteiger partial charge on any atom is -0.493 e. The molecule has 33 heavy (non-hydrogen) atoms. The molecule has 1 amide bonds. The molecule has 1 fully saturated rings. The highest BCUT2D eigenvalue weighted by Gasteiger charge is 2.29. The number of esters is 1. The van der Waals surface area contributed by atoms with Gasteiger partial charge in [0.05, 0.1) is 50.4 Å². The number of carbonyl (C=O) groups is 2. The van der Waals surface area contributed by atoms with Gasteiger partial charge in [-0.1, -0.05) is 6.07 Å². The molecule has 0 bridgehead atoms. The maximum absolute atomic E-state index is 13.6. The van der Waals surface area contributed by atoms with Gasteiger partial charge in [-0.05, 0) is 43.5 Å². The molecule has 0 saturated heterocycles. The van der Waals surface area contributed by atoms with Crippen LogP contribution < -0.4 is 14.8 Å². The van der Waals surface area contributed by atoms with E-state index in [1.165, 1.54) is 14.2 Å². The molecular weight excluding hydrogens is 424 g/mol. The number of methoxy groups -OCH3 is 3. The van der Waals surface area contributed by atoms with Crippen LogP contribution in [0.25, 0.3) is 11.0 Å². The van der Waals surface area contributed by atoms with Crippen LogP contribution in [0.4, 0.5) is 0 Å². The maximum atomic E-state index is 13.6. The second-order valence-corrected chi connectivity index (χ2v) is 8.20. The zero-order chi connectivity index (χ0) is 23.7. The van der Waals surface area contributed by atoms with Crippen molar-refractivity contribution in [1.82, 2.24) is 20.1 Å². The molecule has 9 heteroatoms. The lowest BCUT2D eigenvalue weighted by Crippen LogP contribution is -2.31. The first-order valence-corrected chi connectivity index (χ1v) is 10.8. The molecule has 0 spiro atoms. The van der Waals surface area contributed by atoms with Gasteiger partial charge in [0.25, 0.3) is 5.91 Å². The van der Waals surface area contributed by atoms with Gasteiger partial charge in [-0.2, -0.15) is 5.10 Å². The van der Waals surface area contributed by atoms with Gasteiger partial charge in [0.1, 0.15) is 0 Å². The van der Waals surface area contributed by atoms with Crippen molar-refractivity contribution in [2.24, 2.45) is 7.05 Å². The van der Waals surface area contributed by atoms with Crippen molar-refractivity contribution < 1.29 is 23.8 Å². The Labute approximate surface area is 192 Å². The normalized spacial score (nSPS) is 14.1. The van der Waals surface area contributed by atoms with E-state index in [1.54, 1.807) is 30.0 Å². The third-order valence-electron chi connectivity index (χ3n) is 5.94. The van der Waals surface area contributed by atoms with Gasteiger partial charge >= 0.3 is 5.97 Å². The van der Waals surface area contributed by atoms with Gasteiger partial charge in [0.2, 0.25) is 0 Å². The Morgan fingerprint density at radius 1 is 1.15 bits per heavy atom. The van der Waals surface area contributed by atoms with Gasteiger partial charge < -0.3 is 19.5 Å². The van der Waals surface area contributed by atoms with Gasteiger partial charge in [0, 0.05) is 18.7 Å². The molecule has 9 nitrogen and oxygen atoms in total. The lowest BCUT2D eigenvalue weighted by molar-refractivity contribution is -0.141. The minimum absolute atomic E-state index is 0.0343. The van der Waals surface area contributed by atoms with E-state index < -0.39 is 12.0 Å². The van der Waals surface area contributed by atoms with E-state index in [2.05, 4.69) is 10.4 Å². The number of hydrogen-bond donors (Lipinski definition) is 1. The quantitative estimate of drug-likeness (QED) is 0.523. The Bertz CT molecular complexity index is 1220. The number of ether oxygens (including phenoxy) is 3. The van der Waals surface area contributed by atoms with Crippen LogP contribution in [0.3, 0.4) is 0 Å². The Morgan fingerprint density at radius 3 is 2.52 bits per heavy atom. The largest absolute Gasteiger partial charge is 0.493 e. The van der Waals surface area contributed by atoms with Crippen molar-refractivity contribution in [3.8, 4) is 11.5 Å². The fourth-order valence-corrected chi connectivity index (χ4v) is 4.04. The number of pyridine rings is 1. The van der Waals surface area contributed by atoms with E-state index in [9.17, 15) is 9.59 Å². The number of aromatic nitrogens is 3. The van der Waals surface area contributed by atoms with Crippen molar-refractivity contribution in [1.29, 1.82) is 0 Å². The molecule has 0 unspecified atom stereocenters. The Morgan fingerprint density at radius 2 is 1.88 bits per heavy atom. The molecular formula is C24H28N4O5. The average Bonchev–Trinajstić information content (AvgIpc) is 3.63. The van der Waals surface area contributed by atoms with Crippen LogP contribution in [0, 0.1) is 6.92 Å². The van der Waals surface area contributed by atoms with Crippen LogP contribution in [-0.4, -0.2) is 48.0 Å². The standard InChI is InChI=1S/C24H28N4O5/c1-13-22-16(11-17(14-6-7-14)25-23(22)28(2)27-13)24(30)26-18(12-21(29)33-5)15-8-9-19(31-3)20(10-15)32-4/h8-11,14,18H,6-7,12H2,1-5H3,(H,26,30)/t18-/m1/s1. The summed E-state index contributed by atoms with van der Waals surface area (Å²) in [6.07, 6.45) is 2.09. The lowest BCUT2D eigenvalue weighted by atomic mass is 10.0. The van der Waals surface area contributed by atoms with Gasteiger partial charge in [0.15, 0.2) is 17.1 Å². The van der Waals surface area contributed by atoms with E-state index in [0.717, 1.165) is 24.2 Å². The van der Waals surface area contributed by atoms with E-state index in [1.807, 2.05) is 20.0 Å². The second kappa shape index (κ2) is 9.09. The number of amides is 1. The molecule has 174 valence electrons. The number of nitrogens with one attached hydrogen (secondary N) is 1. The van der Waals surface area contributed by atoms with Crippen molar-refractivity contribution in [3.05, 3.63) is 46.8 Å². The van der Waals surface area contributed by atoms with E-state index >= 15 is 0 Å². The molecule has 1 N–H and O–H groups in total. The summed E-state index contributed by atoms with van der Waals surface area (Å²) in [6.45, 7) is 1.86. The van der Waals surface area contributed by atoms with E-state index in [0.29, 0.717) is 39.6 Å². The summed E-state index contributed by atoms with van der Waals surface area (Å²) >= 11 is 0. The maximum Gasteiger partial charge on any atom is 0.307 e.